The molecular weight excluding hydrogens is 378 g/mol. The molecule has 0 saturated carbocycles. The molecular formula is C19H15F4N3O2. The van der Waals surface area contributed by atoms with Crippen LogP contribution in [0.3, 0.4) is 0 Å². The first-order valence-electron chi connectivity index (χ1n) is 8.29. The van der Waals surface area contributed by atoms with Crippen molar-refractivity contribution in [3.8, 4) is 0 Å². The van der Waals surface area contributed by atoms with Crippen molar-refractivity contribution in [1.29, 1.82) is 0 Å². The SMILES string of the molecule is CC(C(=O)NCc1cccc(F)c1)n1c(=O)c(C(F)(F)F)nc2ccccc21. The summed E-state index contributed by atoms with van der Waals surface area (Å²) in [6.07, 6.45) is -4.96. The van der Waals surface area contributed by atoms with E-state index in [4.69, 9.17) is 0 Å². The van der Waals surface area contributed by atoms with E-state index in [9.17, 15) is 27.2 Å². The fraction of sp³-hybridized carbons (Fsp3) is 0.211. The van der Waals surface area contributed by atoms with Crippen LogP contribution in [0.5, 0.6) is 0 Å². The molecule has 5 nitrogen and oxygen atoms in total. The minimum absolute atomic E-state index is 0.0369. The number of halogens is 4. The Labute approximate surface area is 156 Å². The van der Waals surface area contributed by atoms with Crippen molar-refractivity contribution in [2.45, 2.75) is 25.7 Å². The molecule has 1 amide bonds. The van der Waals surface area contributed by atoms with Gasteiger partial charge in [-0.15, -0.1) is 0 Å². The average Bonchev–Trinajstić information content (AvgIpc) is 2.64. The maximum Gasteiger partial charge on any atom is 0.438 e. The highest BCUT2D eigenvalue weighted by atomic mass is 19.4. The number of alkyl halides is 3. The number of benzene rings is 2. The van der Waals surface area contributed by atoms with E-state index in [1.54, 1.807) is 6.07 Å². The molecule has 1 unspecified atom stereocenters. The number of aromatic nitrogens is 2. The number of nitrogens with one attached hydrogen (secondary N) is 1. The maximum atomic E-state index is 13.2. The smallest absolute Gasteiger partial charge is 0.350 e. The first kappa shape index (κ1) is 19.5. The molecule has 0 fully saturated rings. The summed E-state index contributed by atoms with van der Waals surface area (Å²) in [7, 11) is 0. The fourth-order valence-corrected chi connectivity index (χ4v) is 2.82. The van der Waals surface area contributed by atoms with Crippen LogP contribution in [0.15, 0.2) is 53.3 Å². The Morgan fingerprint density at radius 2 is 1.89 bits per heavy atom. The van der Waals surface area contributed by atoms with Crippen molar-refractivity contribution in [2.24, 2.45) is 0 Å². The second kappa shape index (κ2) is 7.41. The number of amides is 1. The van der Waals surface area contributed by atoms with Crippen LogP contribution in [0.4, 0.5) is 17.6 Å². The normalized spacial score (nSPS) is 12.8. The lowest BCUT2D eigenvalue weighted by Crippen LogP contribution is -2.38. The van der Waals surface area contributed by atoms with Gasteiger partial charge in [-0.1, -0.05) is 24.3 Å². The van der Waals surface area contributed by atoms with E-state index in [-0.39, 0.29) is 17.6 Å². The van der Waals surface area contributed by atoms with Crippen molar-refractivity contribution in [3.05, 3.63) is 76.0 Å². The standard InChI is InChI=1S/C19H15F4N3O2/c1-11(17(27)24-10-12-5-4-6-13(20)9-12)26-15-8-3-2-7-14(15)25-16(18(26)28)19(21,22)23/h2-9,11H,10H2,1H3,(H,24,27). The number of nitrogens with zero attached hydrogens (tertiary/aromatic N) is 2. The van der Waals surface area contributed by atoms with Gasteiger partial charge >= 0.3 is 6.18 Å². The molecule has 0 aliphatic rings. The molecule has 3 rings (SSSR count). The summed E-state index contributed by atoms with van der Waals surface area (Å²) in [5, 5.41) is 2.51. The van der Waals surface area contributed by atoms with Gasteiger partial charge in [0.15, 0.2) is 0 Å². The first-order chi connectivity index (χ1) is 13.2. The molecule has 0 radical (unpaired) electrons. The van der Waals surface area contributed by atoms with Gasteiger partial charge in [-0.05, 0) is 36.8 Å². The summed E-state index contributed by atoms with van der Waals surface area (Å²) in [6, 6.07) is 10.0. The van der Waals surface area contributed by atoms with Crippen LogP contribution >= 0.6 is 0 Å². The number of fused-ring (bicyclic) bond motifs is 1. The Balaban J connectivity index is 1.98. The van der Waals surface area contributed by atoms with Gasteiger partial charge in [0.25, 0.3) is 5.56 Å². The molecule has 1 aromatic heterocycles. The minimum Gasteiger partial charge on any atom is -0.350 e. The molecule has 28 heavy (non-hydrogen) atoms. The third-order valence-corrected chi connectivity index (χ3v) is 4.19. The van der Waals surface area contributed by atoms with Gasteiger partial charge in [-0.2, -0.15) is 13.2 Å². The monoisotopic (exact) mass is 393 g/mol. The number of para-hydroxylation sites is 2. The number of hydrogen-bond acceptors (Lipinski definition) is 3. The summed E-state index contributed by atoms with van der Waals surface area (Å²) < 4.78 is 53.6. The highest BCUT2D eigenvalue weighted by Gasteiger charge is 2.38. The van der Waals surface area contributed by atoms with E-state index in [1.807, 2.05) is 0 Å². The molecule has 0 saturated heterocycles. The number of hydrogen-bond donors (Lipinski definition) is 1. The van der Waals surface area contributed by atoms with Crippen LogP contribution < -0.4 is 10.9 Å². The predicted molar refractivity (Wildman–Crippen MR) is 94.0 cm³/mol. The largest absolute Gasteiger partial charge is 0.438 e. The lowest BCUT2D eigenvalue weighted by Gasteiger charge is -2.19. The molecule has 0 aliphatic heterocycles. The molecule has 146 valence electrons. The third-order valence-electron chi connectivity index (χ3n) is 4.19. The van der Waals surface area contributed by atoms with Crippen molar-refractivity contribution in [2.75, 3.05) is 0 Å². The van der Waals surface area contributed by atoms with Gasteiger partial charge in [0.05, 0.1) is 11.0 Å². The van der Waals surface area contributed by atoms with E-state index >= 15 is 0 Å². The van der Waals surface area contributed by atoms with Crippen LogP contribution in [-0.2, 0) is 17.5 Å². The van der Waals surface area contributed by atoms with Crippen LogP contribution in [0.1, 0.15) is 24.2 Å². The molecule has 9 heteroatoms. The Morgan fingerprint density at radius 3 is 2.57 bits per heavy atom. The van der Waals surface area contributed by atoms with Crippen LogP contribution in [-0.4, -0.2) is 15.5 Å². The Morgan fingerprint density at radius 1 is 1.18 bits per heavy atom. The fourth-order valence-electron chi connectivity index (χ4n) is 2.82. The summed E-state index contributed by atoms with van der Waals surface area (Å²) >= 11 is 0. The van der Waals surface area contributed by atoms with E-state index in [1.165, 1.54) is 49.4 Å². The predicted octanol–water partition coefficient (Wildman–Crippen LogP) is 3.43. The van der Waals surface area contributed by atoms with Gasteiger partial charge in [0.2, 0.25) is 11.6 Å². The maximum absolute atomic E-state index is 13.2. The van der Waals surface area contributed by atoms with E-state index in [2.05, 4.69) is 10.3 Å². The lowest BCUT2D eigenvalue weighted by molar-refractivity contribution is -0.142. The quantitative estimate of drug-likeness (QED) is 0.691. The van der Waals surface area contributed by atoms with Crippen LogP contribution in [0, 0.1) is 5.82 Å². The number of carbonyl (C=O) groups is 1. The van der Waals surface area contributed by atoms with Crippen LogP contribution in [0.2, 0.25) is 0 Å². The van der Waals surface area contributed by atoms with Crippen molar-refractivity contribution in [3.63, 3.8) is 0 Å². The van der Waals surface area contributed by atoms with Gasteiger partial charge in [-0.25, -0.2) is 9.37 Å². The molecule has 1 heterocycles. The molecule has 2 aromatic carbocycles. The third kappa shape index (κ3) is 3.88. The Kier molecular flexibility index (Phi) is 5.17. The molecule has 0 bridgehead atoms. The summed E-state index contributed by atoms with van der Waals surface area (Å²) in [6.45, 7) is 1.28. The topological polar surface area (TPSA) is 64.0 Å². The minimum atomic E-state index is -4.96. The molecule has 0 aliphatic carbocycles. The van der Waals surface area contributed by atoms with E-state index in [0.29, 0.717) is 5.56 Å². The Bertz CT molecular complexity index is 1090. The zero-order chi connectivity index (χ0) is 20.5. The number of carbonyl (C=O) groups excluding carboxylic acids is 1. The molecule has 0 spiro atoms. The summed E-state index contributed by atoms with van der Waals surface area (Å²) in [5.74, 6) is -1.16. The zero-order valence-electron chi connectivity index (χ0n) is 14.6. The molecule has 1 N–H and O–H groups in total. The van der Waals surface area contributed by atoms with E-state index in [0.717, 1.165) is 4.57 Å². The Hall–Kier alpha value is -3.23. The van der Waals surface area contributed by atoms with Crippen molar-refractivity contribution >= 4 is 16.9 Å². The van der Waals surface area contributed by atoms with Crippen molar-refractivity contribution < 1.29 is 22.4 Å². The summed E-state index contributed by atoms with van der Waals surface area (Å²) in [4.78, 5) is 28.4. The van der Waals surface area contributed by atoms with Gasteiger partial charge in [0, 0.05) is 6.54 Å². The van der Waals surface area contributed by atoms with Crippen molar-refractivity contribution in [1.82, 2.24) is 14.9 Å². The van der Waals surface area contributed by atoms with Gasteiger partial charge in [-0.3, -0.25) is 14.2 Å². The van der Waals surface area contributed by atoms with E-state index < -0.39 is 35.2 Å². The van der Waals surface area contributed by atoms with Gasteiger partial charge in [0.1, 0.15) is 11.9 Å². The first-order valence-corrected chi connectivity index (χ1v) is 8.29. The zero-order valence-corrected chi connectivity index (χ0v) is 14.6. The second-order valence-corrected chi connectivity index (χ2v) is 6.15. The van der Waals surface area contributed by atoms with Crippen LogP contribution in [0.25, 0.3) is 11.0 Å². The lowest BCUT2D eigenvalue weighted by atomic mass is 10.2. The summed E-state index contributed by atoms with van der Waals surface area (Å²) in [5.41, 5.74) is -2.47. The highest BCUT2D eigenvalue weighted by Crippen LogP contribution is 2.27. The average molecular weight is 393 g/mol. The van der Waals surface area contributed by atoms with Gasteiger partial charge < -0.3 is 5.32 Å². The molecule has 3 aromatic rings. The second-order valence-electron chi connectivity index (χ2n) is 6.15. The molecule has 1 atom stereocenters. The number of rotatable bonds is 4. The highest BCUT2D eigenvalue weighted by molar-refractivity contribution is 5.83.